The second kappa shape index (κ2) is 6.99. The Morgan fingerprint density at radius 3 is 2.48 bits per heavy atom. The quantitative estimate of drug-likeness (QED) is 0.731. The lowest BCUT2D eigenvalue weighted by Gasteiger charge is -2.06. The maximum Gasteiger partial charge on any atom is 0.241 e. The van der Waals surface area contributed by atoms with Gasteiger partial charge in [0.25, 0.3) is 0 Å². The van der Waals surface area contributed by atoms with E-state index in [2.05, 4.69) is 9.71 Å². The van der Waals surface area contributed by atoms with Crippen molar-refractivity contribution in [2.75, 3.05) is 0 Å². The van der Waals surface area contributed by atoms with E-state index in [1.165, 1.54) is 11.3 Å². The van der Waals surface area contributed by atoms with Crippen LogP contribution in [0.15, 0.2) is 53.4 Å². The molecule has 0 aliphatic rings. The molecule has 4 nitrogen and oxygen atoms in total. The van der Waals surface area contributed by atoms with E-state index in [0.29, 0.717) is 6.07 Å². The molecule has 130 valence electrons. The number of aromatic nitrogens is 1. The first-order valence-electron chi connectivity index (χ1n) is 7.33. The van der Waals surface area contributed by atoms with E-state index in [1.54, 1.807) is 6.92 Å². The molecule has 0 saturated carbocycles. The highest BCUT2D eigenvalue weighted by Gasteiger charge is 2.18. The maximum absolute atomic E-state index is 13.3. The van der Waals surface area contributed by atoms with Crippen LogP contribution in [0.5, 0.6) is 0 Å². The van der Waals surface area contributed by atoms with Crippen LogP contribution in [0, 0.1) is 18.6 Å². The third-order valence-corrected chi connectivity index (χ3v) is 6.14. The largest absolute Gasteiger partial charge is 0.241 e. The molecule has 8 heteroatoms. The zero-order valence-electron chi connectivity index (χ0n) is 13.2. The molecule has 0 radical (unpaired) electrons. The van der Waals surface area contributed by atoms with Crippen molar-refractivity contribution in [2.45, 2.75) is 18.4 Å². The molecular weight excluding hydrogens is 366 g/mol. The van der Waals surface area contributed by atoms with Gasteiger partial charge >= 0.3 is 0 Å². The molecule has 2 aromatic carbocycles. The highest BCUT2D eigenvalue weighted by atomic mass is 32.2. The fraction of sp³-hybridized carbons (Fsp3) is 0.118. The summed E-state index contributed by atoms with van der Waals surface area (Å²) in [5.41, 5.74) is 1.67. The number of aryl methyl sites for hydroxylation is 1. The van der Waals surface area contributed by atoms with Crippen molar-refractivity contribution < 1.29 is 17.2 Å². The average molecular weight is 380 g/mol. The lowest BCUT2D eigenvalue weighted by Crippen LogP contribution is -2.23. The first-order valence-corrected chi connectivity index (χ1v) is 9.63. The number of hydrogen-bond acceptors (Lipinski definition) is 4. The summed E-state index contributed by atoms with van der Waals surface area (Å²) in [4.78, 5) is 4.89. The van der Waals surface area contributed by atoms with Crippen LogP contribution in [0.1, 0.15) is 10.6 Å². The zero-order valence-corrected chi connectivity index (χ0v) is 14.8. The molecule has 0 aliphatic carbocycles. The lowest BCUT2D eigenvalue weighted by atomic mass is 10.2. The molecule has 0 aliphatic heterocycles. The molecule has 0 saturated heterocycles. The van der Waals surface area contributed by atoms with Gasteiger partial charge in [-0.3, -0.25) is 0 Å². The van der Waals surface area contributed by atoms with Gasteiger partial charge in [0.15, 0.2) is 11.6 Å². The summed E-state index contributed by atoms with van der Waals surface area (Å²) in [6.45, 7) is 1.82. The topological polar surface area (TPSA) is 59.1 Å². The fourth-order valence-corrected chi connectivity index (χ4v) is 4.29. The molecule has 0 fully saturated rings. The Morgan fingerprint density at radius 1 is 1.08 bits per heavy atom. The third kappa shape index (κ3) is 3.92. The van der Waals surface area contributed by atoms with Crippen molar-refractivity contribution in [3.63, 3.8) is 0 Å². The minimum atomic E-state index is -3.95. The molecule has 0 amide bonds. The molecule has 0 unspecified atom stereocenters. The van der Waals surface area contributed by atoms with Crippen LogP contribution in [0.4, 0.5) is 8.78 Å². The number of sulfonamides is 1. The molecule has 25 heavy (non-hydrogen) atoms. The van der Waals surface area contributed by atoms with Gasteiger partial charge in [0.2, 0.25) is 10.0 Å². The fourth-order valence-electron chi connectivity index (χ4n) is 2.18. The highest BCUT2D eigenvalue weighted by molar-refractivity contribution is 7.89. The molecule has 3 rings (SSSR count). The van der Waals surface area contributed by atoms with Crippen LogP contribution in [0.2, 0.25) is 0 Å². The molecule has 0 bridgehead atoms. The van der Waals surface area contributed by atoms with Crippen LogP contribution in [-0.2, 0) is 16.6 Å². The molecule has 3 aromatic rings. The Bertz CT molecular complexity index is 1000. The third-order valence-electron chi connectivity index (χ3n) is 3.54. The Labute approximate surface area is 148 Å². The summed E-state index contributed by atoms with van der Waals surface area (Å²) < 4.78 is 53.1. The Hall–Kier alpha value is -2.16. The average Bonchev–Trinajstić information content (AvgIpc) is 2.97. The number of rotatable bonds is 5. The minimum Gasteiger partial charge on any atom is -0.241 e. The minimum absolute atomic E-state index is 0.0255. The summed E-state index contributed by atoms with van der Waals surface area (Å²) in [5.74, 6) is -2.30. The number of benzene rings is 2. The van der Waals surface area contributed by atoms with Gasteiger partial charge in [-0.25, -0.2) is 26.9 Å². The number of thiazole rings is 1. The maximum atomic E-state index is 13.3. The number of hydrogen-bond donors (Lipinski definition) is 1. The molecule has 1 aromatic heterocycles. The highest BCUT2D eigenvalue weighted by Crippen LogP contribution is 2.28. The summed E-state index contributed by atoms with van der Waals surface area (Å²) >= 11 is 1.38. The normalized spacial score (nSPS) is 11.6. The predicted octanol–water partition coefficient (Wildman–Crippen LogP) is 3.88. The summed E-state index contributed by atoms with van der Waals surface area (Å²) in [7, 11) is -3.95. The van der Waals surface area contributed by atoms with Crippen molar-refractivity contribution >= 4 is 21.4 Å². The Kier molecular flexibility index (Phi) is 4.94. The van der Waals surface area contributed by atoms with Gasteiger partial charge in [-0.1, -0.05) is 30.3 Å². The van der Waals surface area contributed by atoms with Gasteiger partial charge in [-0.15, -0.1) is 11.3 Å². The number of halogens is 2. The predicted molar refractivity (Wildman–Crippen MR) is 92.7 cm³/mol. The Morgan fingerprint density at radius 2 is 1.80 bits per heavy atom. The van der Waals surface area contributed by atoms with E-state index in [9.17, 15) is 17.2 Å². The van der Waals surface area contributed by atoms with Crippen LogP contribution in [0.25, 0.3) is 10.6 Å². The van der Waals surface area contributed by atoms with E-state index in [-0.39, 0.29) is 11.4 Å². The van der Waals surface area contributed by atoms with Crippen molar-refractivity contribution in [2.24, 2.45) is 0 Å². The molecule has 1 N–H and O–H groups in total. The first kappa shape index (κ1) is 17.7. The van der Waals surface area contributed by atoms with Gasteiger partial charge in [0, 0.05) is 17.0 Å². The van der Waals surface area contributed by atoms with Gasteiger partial charge in [-0.2, -0.15) is 0 Å². The van der Waals surface area contributed by atoms with Crippen molar-refractivity contribution in [1.82, 2.24) is 9.71 Å². The van der Waals surface area contributed by atoms with E-state index in [0.717, 1.165) is 33.3 Å². The van der Waals surface area contributed by atoms with E-state index in [1.807, 2.05) is 30.3 Å². The van der Waals surface area contributed by atoms with Gasteiger partial charge in [-0.05, 0) is 25.1 Å². The van der Waals surface area contributed by atoms with Crippen molar-refractivity contribution in [3.05, 3.63) is 70.7 Å². The second-order valence-corrected chi connectivity index (χ2v) is 8.14. The standard InChI is InChI=1S/C17H14F2N2O2S2/c1-11-16(24-17(21-11)12-5-3-2-4-6-12)10-20-25(22,23)13-7-8-14(18)15(19)9-13/h2-9,20H,10H2,1H3. The van der Waals surface area contributed by atoms with Crippen LogP contribution in [-0.4, -0.2) is 13.4 Å². The van der Waals surface area contributed by atoms with Crippen molar-refractivity contribution in [3.8, 4) is 10.6 Å². The van der Waals surface area contributed by atoms with Gasteiger partial charge in [0.1, 0.15) is 5.01 Å². The summed E-state index contributed by atoms with van der Waals surface area (Å²) in [5, 5.41) is 0.792. The Balaban J connectivity index is 1.79. The van der Waals surface area contributed by atoms with Crippen molar-refractivity contribution in [1.29, 1.82) is 0 Å². The van der Waals surface area contributed by atoms with E-state index in [4.69, 9.17) is 0 Å². The number of nitrogens with one attached hydrogen (secondary N) is 1. The monoisotopic (exact) mass is 380 g/mol. The van der Waals surface area contributed by atoms with E-state index < -0.39 is 21.7 Å². The molecule has 1 heterocycles. The SMILES string of the molecule is Cc1nc(-c2ccccc2)sc1CNS(=O)(=O)c1ccc(F)c(F)c1. The summed E-state index contributed by atoms with van der Waals surface area (Å²) in [6, 6.07) is 12.0. The van der Waals surface area contributed by atoms with Crippen LogP contribution >= 0.6 is 11.3 Å². The second-order valence-electron chi connectivity index (χ2n) is 5.29. The zero-order chi connectivity index (χ0) is 18.0. The molecule has 0 spiro atoms. The molecular formula is C17H14F2N2O2S2. The number of nitrogens with zero attached hydrogens (tertiary/aromatic N) is 1. The van der Waals surface area contributed by atoms with Crippen LogP contribution in [0.3, 0.4) is 0 Å². The van der Waals surface area contributed by atoms with Gasteiger partial charge in [0.05, 0.1) is 10.6 Å². The first-order chi connectivity index (χ1) is 11.9. The lowest BCUT2D eigenvalue weighted by molar-refractivity contribution is 0.504. The molecule has 0 atom stereocenters. The van der Waals surface area contributed by atoms with E-state index >= 15 is 0 Å². The van der Waals surface area contributed by atoms with Crippen LogP contribution < -0.4 is 4.72 Å². The van der Waals surface area contributed by atoms with Gasteiger partial charge < -0.3 is 0 Å². The summed E-state index contributed by atoms with van der Waals surface area (Å²) in [6.07, 6.45) is 0. The smallest absolute Gasteiger partial charge is 0.241 e.